The third-order valence-corrected chi connectivity index (χ3v) is 5.19. The van der Waals surface area contributed by atoms with Gasteiger partial charge in [-0.2, -0.15) is 5.10 Å². The van der Waals surface area contributed by atoms with Crippen molar-refractivity contribution in [2.24, 2.45) is 7.05 Å². The molecule has 120 valence electrons. The number of nitrogens with one attached hydrogen (secondary N) is 1. The van der Waals surface area contributed by atoms with Crippen LogP contribution in [0.5, 0.6) is 0 Å². The molecule has 1 aromatic heterocycles. The summed E-state index contributed by atoms with van der Waals surface area (Å²) in [6.45, 7) is 10.4. The van der Waals surface area contributed by atoms with Crippen molar-refractivity contribution in [3.63, 3.8) is 0 Å². The lowest BCUT2D eigenvalue weighted by atomic mass is 9.83. The van der Waals surface area contributed by atoms with Gasteiger partial charge in [-0.05, 0) is 45.8 Å². The van der Waals surface area contributed by atoms with Gasteiger partial charge in [0.1, 0.15) is 12.2 Å². The number of hydrogen-bond acceptors (Lipinski definition) is 4. The second-order valence-corrected chi connectivity index (χ2v) is 6.37. The molecule has 0 aromatic carbocycles. The molecular weight excluding hydrogens is 262 g/mol. The molecule has 5 nitrogen and oxygen atoms in total. The molecule has 1 aliphatic rings. The molecular formula is C16H31N5. The van der Waals surface area contributed by atoms with Crippen molar-refractivity contribution >= 4 is 0 Å². The molecule has 0 bridgehead atoms. The third kappa shape index (κ3) is 3.64. The summed E-state index contributed by atoms with van der Waals surface area (Å²) in [5.74, 6) is 1.07. The Bertz CT molecular complexity index is 424. The number of likely N-dealkylation sites (N-methyl/N-ethyl adjacent to an activating group) is 1. The lowest BCUT2D eigenvalue weighted by molar-refractivity contribution is 0.0426. The van der Waals surface area contributed by atoms with Crippen molar-refractivity contribution in [1.82, 2.24) is 25.0 Å². The number of nitrogens with zero attached hydrogens (tertiary/aromatic N) is 4. The molecule has 1 fully saturated rings. The summed E-state index contributed by atoms with van der Waals surface area (Å²) in [6, 6.07) is 0.411. The molecule has 21 heavy (non-hydrogen) atoms. The number of aromatic nitrogens is 3. The normalized spacial score (nSPS) is 21.1. The molecule has 2 unspecified atom stereocenters. The van der Waals surface area contributed by atoms with Crippen molar-refractivity contribution in [2.75, 3.05) is 19.6 Å². The van der Waals surface area contributed by atoms with Crippen LogP contribution in [0, 0.1) is 0 Å². The highest BCUT2D eigenvalue weighted by Gasteiger charge is 2.38. The van der Waals surface area contributed by atoms with E-state index in [2.05, 4.69) is 41.1 Å². The molecule has 0 aliphatic carbocycles. The molecule has 1 aliphatic heterocycles. The van der Waals surface area contributed by atoms with E-state index in [1.165, 1.54) is 32.4 Å². The first-order chi connectivity index (χ1) is 10.1. The average molecular weight is 293 g/mol. The highest BCUT2D eigenvalue weighted by atomic mass is 15.3. The highest BCUT2D eigenvalue weighted by molar-refractivity contribution is 5.02. The molecule has 0 radical (unpaired) electrons. The van der Waals surface area contributed by atoms with E-state index >= 15 is 0 Å². The average Bonchev–Trinajstić information content (AvgIpc) is 2.92. The van der Waals surface area contributed by atoms with Crippen molar-refractivity contribution in [3.05, 3.63) is 12.2 Å². The van der Waals surface area contributed by atoms with Gasteiger partial charge in [0.25, 0.3) is 0 Å². The second kappa shape index (κ2) is 7.36. The summed E-state index contributed by atoms with van der Waals surface area (Å²) in [5.41, 5.74) is 0.183. The smallest absolute Gasteiger partial charge is 0.138 e. The molecule has 0 saturated carbocycles. The molecule has 0 amide bonds. The van der Waals surface area contributed by atoms with Gasteiger partial charge in [0.15, 0.2) is 0 Å². The van der Waals surface area contributed by atoms with Crippen molar-refractivity contribution < 1.29 is 0 Å². The molecule has 2 rings (SSSR count). The van der Waals surface area contributed by atoms with E-state index in [9.17, 15) is 0 Å². The zero-order valence-electron chi connectivity index (χ0n) is 14.1. The van der Waals surface area contributed by atoms with Crippen molar-refractivity contribution in [1.29, 1.82) is 0 Å². The number of rotatable bonds is 7. The minimum atomic E-state index is 0.183. The Labute approximate surface area is 129 Å². The number of likely N-dealkylation sites (tertiary alicyclic amines) is 1. The number of hydrogen-bond donors (Lipinski definition) is 1. The van der Waals surface area contributed by atoms with E-state index in [4.69, 9.17) is 0 Å². The van der Waals surface area contributed by atoms with E-state index < -0.39 is 0 Å². The fourth-order valence-electron chi connectivity index (χ4n) is 3.54. The quantitative estimate of drug-likeness (QED) is 0.835. The third-order valence-electron chi connectivity index (χ3n) is 5.19. The minimum Gasteiger partial charge on any atom is -0.312 e. The zero-order chi connectivity index (χ0) is 15.3. The van der Waals surface area contributed by atoms with Crippen LogP contribution in [0.1, 0.15) is 52.3 Å². The van der Waals surface area contributed by atoms with Crippen LogP contribution in [0.15, 0.2) is 6.33 Å². The van der Waals surface area contributed by atoms with E-state index in [0.29, 0.717) is 6.04 Å². The van der Waals surface area contributed by atoms with Gasteiger partial charge < -0.3 is 5.32 Å². The Morgan fingerprint density at radius 1 is 1.29 bits per heavy atom. The van der Waals surface area contributed by atoms with E-state index in [1.54, 1.807) is 6.33 Å². The fourth-order valence-corrected chi connectivity index (χ4v) is 3.54. The topological polar surface area (TPSA) is 46.0 Å². The monoisotopic (exact) mass is 293 g/mol. The summed E-state index contributed by atoms with van der Waals surface area (Å²) in [6.07, 6.45) is 7.79. The first kappa shape index (κ1) is 16.4. The first-order valence-electron chi connectivity index (χ1n) is 8.43. The summed E-state index contributed by atoms with van der Waals surface area (Å²) in [5, 5.41) is 7.93. The van der Waals surface area contributed by atoms with Gasteiger partial charge >= 0.3 is 0 Å². The molecule has 1 N–H and O–H groups in total. The van der Waals surface area contributed by atoms with Crippen LogP contribution in [0.2, 0.25) is 0 Å². The van der Waals surface area contributed by atoms with Crippen LogP contribution >= 0.6 is 0 Å². The van der Waals surface area contributed by atoms with Gasteiger partial charge in [-0.25, -0.2) is 4.98 Å². The molecule has 1 saturated heterocycles. The van der Waals surface area contributed by atoms with Crippen LogP contribution in [0.25, 0.3) is 0 Å². The maximum Gasteiger partial charge on any atom is 0.138 e. The SMILES string of the molecule is CCNC(Cc1ncnn1C)C(C)(CC)N1CCCCC1. The Balaban J connectivity index is 2.18. The summed E-state index contributed by atoms with van der Waals surface area (Å²) < 4.78 is 1.90. The summed E-state index contributed by atoms with van der Waals surface area (Å²) >= 11 is 0. The van der Waals surface area contributed by atoms with Crippen LogP contribution in [0.3, 0.4) is 0 Å². The Morgan fingerprint density at radius 2 is 2.00 bits per heavy atom. The summed E-state index contributed by atoms with van der Waals surface area (Å²) in [4.78, 5) is 7.12. The van der Waals surface area contributed by atoms with Crippen molar-refractivity contribution in [2.45, 2.75) is 64.5 Å². The van der Waals surface area contributed by atoms with Crippen LogP contribution in [-0.4, -0.2) is 50.9 Å². The van der Waals surface area contributed by atoms with Crippen molar-refractivity contribution in [3.8, 4) is 0 Å². The number of aryl methyl sites for hydroxylation is 1. The lowest BCUT2D eigenvalue weighted by Gasteiger charge is -2.48. The summed E-state index contributed by atoms with van der Waals surface area (Å²) in [7, 11) is 1.98. The van der Waals surface area contributed by atoms with Gasteiger partial charge in [0, 0.05) is 25.0 Å². The maximum atomic E-state index is 4.42. The standard InChI is InChI=1S/C16H31N5/c1-5-16(3,21-10-8-7-9-11-21)14(17-6-2)12-15-18-13-19-20(15)4/h13-14,17H,5-12H2,1-4H3. The van der Waals surface area contributed by atoms with Gasteiger partial charge in [0.2, 0.25) is 0 Å². The molecule has 2 heterocycles. The Morgan fingerprint density at radius 3 is 2.52 bits per heavy atom. The molecule has 2 atom stereocenters. The maximum absolute atomic E-state index is 4.42. The molecule has 1 aromatic rings. The highest BCUT2D eigenvalue weighted by Crippen LogP contribution is 2.29. The van der Waals surface area contributed by atoms with Crippen LogP contribution < -0.4 is 5.32 Å². The lowest BCUT2D eigenvalue weighted by Crippen LogP contribution is -2.61. The van der Waals surface area contributed by atoms with Crippen LogP contribution in [0.4, 0.5) is 0 Å². The molecule has 5 heteroatoms. The second-order valence-electron chi connectivity index (χ2n) is 6.37. The van der Waals surface area contributed by atoms with Gasteiger partial charge in [-0.15, -0.1) is 0 Å². The largest absolute Gasteiger partial charge is 0.312 e. The van der Waals surface area contributed by atoms with E-state index in [0.717, 1.165) is 25.2 Å². The Kier molecular flexibility index (Phi) is 5.76. The Hall–Kier alpha value is -0.940. The van der Waals surface area contributed by atoms with Gasteiger partial charge in [-0.3, -0.25) is 9.58 Å². The predicted octanol–water partition coefficient (Wildman–Crippen LogP) is 1.99. The van der Waals surface area contributed by atoms with Crippen LogP contribution in [-0.2, 0) is 13.5 Å². The first-order valence-corrected chi connectivity index (χ1v) is 8.43. The minimum absolute atomic E-state index is 0.183. The van der Waals surface area contributed by atoms with E-state index in [-0.39, 0.29) is 5.54 Å². The van der Waals surface area contributed by atoms with Gasteiger partial charge in [-0.1, -0.05) is 20.3 Å². The van der Waals surface area contributed by atoms with E-state index in [1.807, 2.05) is 11.7 Å². The van der Waals surface area contributed by atoms with Gasteiger partial charge in [0.05, 0.1) is 0 Å². The number of piperidine rings is 1. The predicted molar refractivity (Wildman–Crippen MR) is 86.3 cm³/mol. The molecule has 0 spiro atoms. The zero-order valence-corrected chi connectivity index (χ0v) is 14.1. The fraction of sp³-hybridized carbons (Fsp3) is 0.875.